The number of aryl methyl sites for hydroxylation is 1. The standard InChI is InChI=1S/C10H8N2O2/c1-7-2-3-10(12(13)14)9-6-11-5-4-8(7)9/h2-6H,1H3. The quantitative estimate of drug-likeness (QED) is 0.510. The van der Waals surface area contributed by atoms with Gasteiger partial charge in [0.15, 0.2) is 0 Å². The van der Waals surface area contributed by atoms with Crippen molar-refractivity contribution in [3.63, 3.8) is 0 Å². The van der Waals surface area contributed by atoms with E-state index in [2.05, 4.69) is 4.98 Å². The van der Waals surface area contributed by atoms with Gasteiger partial charge in [0.1, 0.15) is 0 Å². The van der Waals surface area contributed by atoms with Gasteiger partial charge in [0.05, 0.1) is 10.3 Å². The van der Waals surface area contributed by atoms with E-state index in [0.717, 1.165) is 10.9 Å². The fraction of sp³-hybridized carbons (Fsp3) is 0.100. The summed E-state index contributed by atoms with van der Waals surface area (Å²) in [6.07, 6.45) is 3.17. The lowest BCUT2D eigenvalue weighted by Gasteiger charge is -2.01. The van der Waals surface area contributed by atoms with Crippen molar-refractivity contribution in [2.45, 2.75) is 6.92 Å². The Bertz CT molecular complexity index is 508. The van der Waals surface area contributed by atoms with E-state index in [4.69, 9.17) is 0 Å². The summed E-state index contributed by atoms with van der Waals surface area (Å²) in [4.78, 5) is 14.2. The molecule has 2 rings (SSSR count). The lowest BCUT2D eigenvalue weighted by atomic mass is 10.1. The van der Waals surface area contributed by atoms with E-state index in [-0.39, 0.29) is 10.6 Å². The third kappa shape index (κ3) is 1.21. The molecule has 0 saturated heterocycles. The SMILES string of the molecule is Cc1ccc([N+](=O)[O-])c2cnccc12. The van der Waals surface area contributed by atoms with Crippen LogP contribution in [0, 0.1) is 17.0 Å². The maximum Gasteiger partial charge on any atom is 0.278 e. The third-order valence-corrected chi connectivity index (χ3v) is 2.21. The summed E-state index contributed by atoms with van der Waals surface area (Å²) in [7, 11) is 0. The Morgan fingerprint density at radius 1 is 1.29 bits per heavy atom. The molecule has 0 aliphatic heterocycles. The number of fused-ring (bicyclic) bond motifs is 1. The van der Waals surface area contributed by atoms with Crippen molar-refractivity contribution >= 4 is 16.5 Å². The van der Waals surface area contributed by atoms with Crippen molar-refractivity contribution in [1.29, 1.82) is 0 Å². The van der Waals surface area contributed by atoms with Gasteiger partial charge in [-0.1, -0.05) is 6.07 Å². The van der Waals surface area contributed by atoms with Crippen molar-refractivity contribution in [3.05, 3.63) is 46.3 Å². The Hall–Kier alpha value is -1.97. The van der Waals surface area contributed by atoms with Crippen LogP contribution in [0.15, 0.2) is 30.6 Å². The van der Waals surface area contributed by atoms with Gasteiger partial charge in [0.25, 0.3) is 5.69 Å². The maximum atomic E-state index is 10.7. The highest BCUT2D eigenvalue weighted by Gasteiger charge is 2.11. The van der Waals surface area contributed by atoms with Crippen molar-refractivity contribution < 1.29 is 4.92 Å². The Morgan fingerprint density at radius 3 is 2.79 bits per heavy atom. The van der Waals surface area contributed by atoms with Crippen molar-refractivity contribution in [1.82, 2.24) is 4.98 Å². The van der Waals surface area contributed by atoms with Crippen LogP contribution in [0.25, 0.3) is 10.8 Å². The number of rotatable bonds is 1. The van der Waals surface area contributed by atoms with E-state index in [1.807, 2.05) is 6.92 Å². The summed E-state index contributed by atoms with van der Waals surface area (Å²) in [5.74, 6) is 0. The molecule has 0 spiro atoms. The van der Waals surface area contributed by atoms with Gasteiger partial charge in [-0.3, -0.25) is 15.1 Å². The molecule has 0 radical (unpaired) electrons. The Labute approximate surface area is 80.4 Å². The average molecular weight is 188 g/mol. The van der Waals surface area contributed by atoms with Gasteiger partial charge in [-0.2, -0.15) is 0 Å². The normalized spacial score (nSPS) is 10.4. The summed E-state index contributed by atoms with van der Waals surface area (Å²) in [6.45, 7) is 1.92. The zero-order valence-electron chi connectivity index (χ0n) is 7.60. The van der Waals surface area contributed by atoms with Crippen molar-refractivity contribution in [2.75, 3.05) is 0 Å². The molecule has 4 nitrogen and oxygen atoms in total. The molecule has 0 atom stereocenters. The molecule has 1 aromatic heterocycles. The van der Waals surface area contributed by atoms with Gasteiger partial charge in [-0.25, -0.2) is 0 Å². The fourth-order valence-corrected chi connectivity index (χ4v) is 1.49. The van der Waals surface area contributed by atoms with Gasteiger partial charge in [-0.05, 0) is 23.9 Å². The van der Waals surface area contributed by atoms with Crippen LogP contribution in [0.4, 0.5) is 5.69 Å². The molecule has 0 aliphatic carbocycles. The summed E-state index contributed by atoms with van der Waals surface area (Å²) in [6, 6.07) is 5.05. The highest BCUT2D eigenvalue weighted by atomic mass is 16.6. The van der Waals surface area contributed by atoms with E-state index in [0.29, 0.717) is 5.39 Å². The second-order valence-electron chi connectivity index (χ2n) is 3.08. The fourth-order valence-electron chi connectivity index (χ4n) is 1.49. The van der Waals surface area contributed by atoms with Crippen LogP contribution in [0.2, 0.25) is 0 Å². The Morgan fingerprint density at radius 2 is 2.07 bits per heavy atom. The number of nitro groups is 1. The smallest absolute Gasteiger partial charge is 0.264 e. The maximum absolute atomic E-state index is 10.7. The van der Waals surface area contributed by atoms with E-state index >= 15 is 0 Å². The molecule has 1 aromatic carbocycles. The molecule has 4 heteroatoms. The Balaban J connectivity index is 2.88. The number of nitrogens with zero attached hydrogens (tertiary/aromatic N) is 2. The van der Waals surface area contributed by atoms with Crippen LogP contribution in [-0.2, 0) is 0 Å². The molecule has 0 N–H and O–H groups in total. The van der Waals surface area contributed by atoms with E-state index in [9.17, 15) is 10.1 Å². The molecule has 0 fully saturated rings. The largest absolute Gasteiger partial charge is 0.278 e. The first-order chi connectivity index (χ1) is 6.70. The zero-order chi connectivity index (χ0) is 10.1. The predicted octanol–water partition coefficient (Wildman–Crippen LogP) is 2.45. The predicted molar refractivity (Wildman–Crippen MR) is 53.1 cm³/mol. The average Bonchev–Trinajstić information content (AvgIpc) is 2.18. The molecule has 0 unspecified atom stereocenters. The van der Waals surface area contributed by atoms with Crippen LogP contribution < -0.4 is 0 Å². The molecular weight excluding hydrogens is 180 g/mol. The zero-order valence-corrected chi connectivity index (χ0v) is 7.60. The monoisotopic (exact) mass is 188 g/mol. The Kier molecular flexibility index (Phi) is 1.89. The number of hydrogen-bond acceptors (Lipinski definition) is 3. The minimum atomic E-state index is -0.385. The number of non-ortho nitro benzene ring substituents is 1. The van der Waals surface area contributed by atoms with Crippen LogP contribution in [0.5, 0.6) is 0 Å². The van der Waals surface area contributed by atoms with Gasteiger partial charge in [-0.15, -0.1) is 0 Å². The topological polar surface area (TPSA) is 56.0 Å². The molecule has 0 saturated carbocycles. The van der Waals surface area contributed by atoms with Crippen LogP contribution >= 0.6 is 0 Å². The first-order valence-electron chi connectivity index (χ1n) is 4.18. The van der Waals surface area contributed by atoms with Gasteiger partial charge in [0, 0.05) is 18.5 Å². The first-order valence-corrected chi connectivity index (χ1v) is 4.18. The summed E-state index contributed by atoms with van der Waals surface area (Å²) < 4.78 is 0. The van der Waals surface area contributed by atoms with Gasteiger partial charge in [0.2, 0.25) is 0 Å². The van der Waals surface area contributed by atoms with Gasteiger partial charge < -0.3 is 0 Å². The number of benzene rings is 1. The number of pyridine rings is 1. The van der Waals surface area contributed by atoms with E-state index in [1.165, 1.54) is 12.3 Å². The second kappa shape index (κ2) is 3.06. The highest BCUT2D eigenvalue weighted by molar-refractivity contribution is 5.92. The minimum Gasteiger partial charge on any atom is -0.264 e. The van der Waals surface area contributed by atoms with Crippen molar-refractivity contribution in [3.8, 4) is 0 Å². The third-order valence-electron chi connectivity index (χ3n) is 2.21. The minimum absolute atomic E-state index is 0.110. The molecular formula is C10H8N2O2. The molecule has 0 amide bonds. The summed E-state index contributed by atoms with van der Waals surface area (Å²) in [5.41, 5.74) is 1.13. The molecule has 70 valence electrons. The summed E-state index contributed by atoms with van der Waals surface area (Å²) in [5, 5.41) is 12.2. The van der Waals surface area contributed by atoms with E-state index in [1.54, 1.807) is 18.3 Å². The van der Waals surface area contributed by atoms with Crippen LogP contribution in [-0.4, -0.2) is 9.91 Å². The van der Waals surface area contributed by atoms with Gasteiger partial charge >= 0.3 is 0 Å². The number of aromatic nitrogens is 1. The number of nitro benzene ring substituents is 1. The number of hydrogen-bond donors (Lipinski definition) is 0. The molecule has 0 bridgehead atoms. The molecule has 2 aromatic rings. The van der Waals surface area contributed by atoms with Crippen LogP contribution in [0.1, 0.15) is 5.56 Å². The van der Waals surface area contributed by atoms with Crippen molar-refractivity contribution in [2.24, 2.45) is 0 Å². The highest BCUT2D eigenvalue weighted by Crippen LogP contribution is 2.26. The second-order valence-corrected chi connectivity index (χ2v) is 3.08. The molecule has 14 heavy (non-hydrogen) atoms. The van der Waals surface area contributed by atoms with E-state index < -0.39 is 0 Å². The van der Waals surface area contributed by atoms with Crippen LogP contribution in [0.3, 0.4) is 0 Å². The molecule has 0 aliphatic rings. The lowest BCUT2D eigenvalue weighted by molar-refractivity contribution is -0.383. The molecule has 1 heterocycles. The first kappa shape index (κ1) is 8.62. The lowest BCUT2D eigenvalue weighted by Crippen LogP contribution is -1.91. The summed E-state index contributed by atoms with van der Waals surface area (Å²) >= 11 is 0.